The Bertz CT molecular complexity index is 2560. The van der Waals surface area contributed by atoms with Crippen LogP contribution in [0.5, 0.6) is 23.0 Å². The smallest absolute Gasteiger partial charge is 0.261 e. The highest BCUT2D eigenvalue weighted by atomic mass is 33.1. The number of amides is 2. The topological polar surface area (TPSA) is 105 Å². The van der Waals surface area contributed by atoms with E-state index in [2.05, 4.69) is 67.7 Å². The number of hydrogen-bond donors (Lipinski definition) is 1. The van der Waals surface area contributed by atoms with Crippen molar-refractivity contribution in [2.45, 2.75) is 56.7 Å². The van der Waals surface area contributed by atoms with Crippen molar-refractivity contribution >= 4 is 68.1 Å². The lowest BCUT2D eigenvalue weighted by atomic mass is 10.1. The number of anilines is 4. The van der Waals surface area contributed by atoms with Gasteiger partial charge in [0.05, 0.1) is 48.8 Å². The largest absolute Gasteiger partial charge is 0.493 e. The summed E-state index contributed by atoms with van der Waals surface area (Å²) in [5.41, 5.74) is 9.32. The molecule has 4 aliphatic heterocycles. The molecule has 0 unspecified atom stereocenters. The monoisotopic (exact) mass is 855 g/mol. The average molecular weight is 856 g/mol. The Balaban J connectivity index is 0.982. The quantitative estimate of drug-likeness (QED) is 0.115. The molecular weight excluding hydrogens is 807 g/mol. The maximum Gasteiger partial charge on any atom is 0.261 e. The van der Waals surface area contributed by atoms with Crippen molar-refractivity contribution in [1.82, 2.24) is 0 Å². The Morgan fingerprint density at radius 2 is 1.38 bits per heavy atom. The molecule has 0 saturated carbocycles. The summed E-state index contributed by atoms with van der Waals surface area (Å²) in [5.74, 6) is 1.78. The van der Waals surface area contributed by atoms with Gasteiger partial charge in [0, 0.05) is 66.7 Å². The zero-order valence-electron chi connectivity index (χ0n) is 35.2. The number of ether oxygens (including phenoxy) is 4. The molecular formula is C48H49N5O6S2. The number of carbonyl (C=O) groups is 2. The second-order valence-electron chi connectivity index (χ2n) is 16.4. The van der Waals surface area contributed by atoms with Crippen molar-refractivity contribution in [3.05, 3.63) is 124 Å². The predicted molar refractivity (Wildman–Crippen MR) is 248 cm³/mol. The first-order chi connectivity index (χ1) is 29.5. The molecule has 0 saturated heterocycles. The van der Waals surface area contributed by atoms with Crippen molar-refractivity contribution in [3.8, 4) is 23.0 Å². The lowest BCUT2D eigenvalue weighted by Crippen LogP contribution is -2.39. The summed E-state index contributed by atoms with van der Waals surface area (Å²) >= 11 is 0. The molecule has 5 aromatic carbocycles. The highest BCUT2D eigenvalue weighted by Gasteiger charge is 2.39. The summed E-state index contributed by atoms with van der Waals surface area (Å²) in [6.07, 6.45) is 5.48. The molecule has 314 valence electrons. The van der Waals surface area contributed by atoms with Gasteiger partial charge in [-0.15, -0.1) is 0 Å². The average Bonchev–Trinajstić information content (AvgIpc) is 3.75. The fraction of sp³-hybridized carbons (Fsp3) is 0.312. The third kappa shape index (κ3) is 7.85. The van der Waals surface area contributed by atoms with Gasteiger partial charge < -0.3 is 34.1 Å². The third-order valence-corrected chi connectivity index (χ3v) is 14.3. The van der Waals surface area contributed by atoms with Crippen LogP contribution in [0.1, 0.15) is 56.8 Å². The van der Waals surface area contributed by atoms with Crippen molar-refractivity contribution < 1.29 is 28.5 Å². The standard InChI is InChI=1S/C48H49N5O6S2/c1-48(2,61-60-6)28-51(3)33-16-29(26-58-44-22-38-36(20-42(44)56-4)46(54)52-34(24-49-38)18-31-11-7-9-13-40(31)52)15-30(17-33)27-59-45-23-39-37(21-43(45)57-5)47(55)53-35(25-50-39)19-32-12-8-10-14-41(32)53/h7-17,20-24,34-35,50H,18-19,25-28H2,1-6H3/t34-,35-/m0/s1. The summed E-state index contributed by atoms with van der Waals surface area (Å²) < 4.78 is 24.7. The first-order valence-electron chi connectivity index (χ1n) is 20.4. The summed E-state index contributed by atoms with van der Waals surface area (Å²) in [7, 11) is 8.88. The molecule has 0 bridgehead atoms. The van der Waals surface area contributed by atoms with E-state index in [1.54, 1.807) is 43.2 Å². The van der Waals surface area contributed by atoms with Gasteiger partial charge in [-0.2, -0.15) is 0 Å². The second-order valence-corrected chi connectivity index (χ2v) is 19.5. The molecule has 0 fully saturated rings. The fourth-order valence-electron chi connectivity index (χ4n) is 8.97. The molecule has 0 radical (unpaired) electrons. The first-order valence-corrected chi connectivity index (χ1v) is 23.0. The number of nitrogens with zero attached hydrogens (tertiary/aromatic N) is 4. The molecule has 4 heterocycles. The summed E-state index contributed by atoms with van der Waals surface area (Å²) in [6.45, 7) is 6.37. The minimum absolute atomic E-state index is 0.0155. The van der Waals surface area contributed by atoms with Crippen LogP contribution in [-0.4, -0.2) is 75.5 Å². The molecule has 61 heavy (non-hydrogen) atoms. The molecule has 4 aliphatic rings. The van der Waals surface area contributed by atoms with E-state index in [-0.39, 0.29) is 41.9 Å². The van der Waals surface area contributed by atoms with Crippen LogP contribution in [0.4, 0.5) is 28.4 Å². The van der Waals surface area contributed by atoms with E-state index in [0.29, 0.717) is 52.8 Å². The van der Waals surface area contributed by atoms with Crippen LogP contribution >= 0.6 is 21.6 Å². The van der Waals surface area contributed by atoms with E-state index in [1.165, 1.54) is 5.56 Å². The molecule has 11 nitrogen and oxygen atoms in total. The first kappa shape index (κ1) is 40.6. The van der Waals surface area contributed by atoms with Gasteiger partial charge in [0.25, 0.3) is 11.8 Å². The number of para-hydroxylation sites is 2. The Hall–Kier alpha value is -5.79. The molecule has 2 amide bonds. The number of benzene rings is 5. The van der Waals surface area contributed by atoms with E-state index in [1.807, 2.05) is 69.3 Å². The zero-order valence-corrected chi connectivity index (χ0v) is 36.8. The van der Waals surface area contributed by atoms with Crippen molar-refractivity contribution in [2.24, 2.45) is 4.99 Å². The number of aliphatic imine (C=N–C) groups is 1. The Labute approximate surface area is 364 Å². The maximum absolute atomic E-state index is 14.0. The van der Waals surface area contributed by atoms with Crippen LogP contribution in [0.3, 0.4) is 0 Å². The van der Waals surface area contributed by atoms with Crippen molar-refractivity contribution in [3.63, 3.8) is 0 Å². The van der Waals surface area contributed by atoms with E-state index in [9.17, 15) is 9.59 Å². The number of carbonyl (C=O) groups excluding carboxylic acids is 2. The molecule has 0 spiro atoms. The molecule has 1 N–H and O–H groups in total. The summed E-state index contributed by atoms with van der Waals surface area (Å²) in [5, 5.41) is 3.53. The van der Waals surface area contributed by atoms with Gasteiger partial charge in [-0.3, -0.25) is 19.5 Å². The van der Waals surface area contributed by atoms with Crippen LogP contribution in [0, 0.1) is 0 Å². The van der Waals surface area contributed by atoms with Crippen LogP contribution in [-0.2, 0) is 26.1 Å². The highest BCUT2D eigenvalue weighted by Crippen LogP contribution is 2.43. The van der Waals surface area contributed by atoms with Gasteiger partial charge in [0.1, 0.15) is 13.2 Å². The van der Waals surface area contributed by atoms with Crippen LogP contribution in [0.25, 0.3) is 0 Å². The Morgan fingerprint density at radius 3 is 2.05 bits per heavy atom. The second kappa shape index (κ2) is 16.6. The van der Waals surface area contributed by atoms with Crippen molar-refractivity contribution in [2.75, 3.05) is 60.6 Å². The highest BCUT2D eigenvalue weighted by molar-refractivity contribution is 8.77. The lowest BCUT2D eigenvalue weighted by molar-refractivity contribution is 0.0976. The summed E-state index contributed by atoms with van der Waals surface area (Å²) in [4.78, 5) is 38.8. The number of methoxy groups -OCH3 is 2. The molecule has 5 aromatic rings. The van der Waals surface area contributed by atoms with E-state index in [0.717, 1.165) is 52.4 Å². The minimum Gasteiger partial charge on any atom is -0.493 e. The fourth-order valence-corrected chi connectivity index (χ4v) is 11.2. The van der Waals surface area contributed by atoms with E-state index < -0.39 is 0 Å². The predicted octanol–water partition coefficient (Wildman–Crippen LogP) is 9.37. The normalized spacial score (nSPS) is 17.2. The van der Waals surface area contributed by atoms with Gasteiger partial charge in [-0.25, -0.2) is 0 Å². The number of nitrogens with one attached hydrogen (secondary N) is 1. The van der Waals surface area contributed by atoms with Crippen LogP contribution in [0.2, 0.25) is 0 Å². The molecule has 13 heteroatoms. The molecule has 2 atom stereocenters. The third-order valence-electron chi connectivity index (χ3n) is 11.7. The summed E-state index contributed by atoms with van der Waals surface area (Å²) in [6, 6.07) is 29.5. The van der Waals surface area contributed by atoms with Crippen LogP contribution < -0.4 is 39.0 Å². The van der Waals surface area contributed by atoms with Gasteiger partial charge >= 0.3 is 0 Å². The lowest BCUT2D eigenvalue weighted by Gasteiger charge is -2.31. The van der Waals surface area contributed by atoms with E-state index >= 15 is 0 Å². The maximum atomic E-state index is 14.0. The molecule has 9 rings (SSSR count). The van der Waals surface area contributed by atoms with Gasteiger partial charge in [0.2, 0.25) is 0 Å². The Kier molecular flexibility index (Phi) is 11.0. The van der Waals surface area contributed by atoms with E-state index in [4.69, 9.17) is 23.9 Å². The van der Waals surface area contributed by atoms with Crippen molar-refractivity contribution in [1.29, 1.82) is 0 Å². The number of hydrogen-bond acceptors (Lipinski definition) is 11. The number of rotatable bonds is 13. The van der Waals surface area contributed by atoms with Gasteiger partial charge in [-0.05, 0) is 91.2 Å². The SMILES string of the molecule is COc1cc2c(cc1OCc1cc(COc3cc4c(cc3OC)C(=O)N3c5ccccc5C[C@H]3CN4)cc(N(C)CC(C)(C)SSC)c1)N=C[C@@H]1Cc3ccccc3N1C2=O. The van der Waals surface area contributed by atoms with Gasteiger partial charge in [-0.1, -0.05) is 58.0 Å². The molecule has 0 aromatic heterocycles. The minimum atomic E-state index is -0.160. The number of fused-ring (bicyclic) bond motifs is 8. The van der Waals surface area contributed by atoms with Crippen LogP contribution in [0.15, 0.2) is 96.0 Å². The Morgan fingerprint density at radius 1 is 0.770 bits per heavy atom. The zero-order chi connectivity index (χ0) is 42.4. The molecule has 0 aliphatic carbocycles. The van der Waals surface area contributed by atoms with Gasteiger partial charge in [0.15, 0.2) is 23.0 Å².